The lowest BCUT2D eigenvalue weighted by atomic mass is 10.0. The third kappa shape index (κ3) is 4.25. The van der Waals surface area contributed by atoms with Gasteiger partial charge in [-0.2, -0.15) is 5.26 Å². The highest BCUT2D eigenvalue weighted by atomic mass is 16.5. The highest BCUT2D eigenvalue weighted by Gasteiger charge is 2.10. The van der Waals surface area contributed by atoms with Crippen LogP contribution < -0.4 is 10.5 Å². The van der Waals surface area contributed by atoms with Crippen molar-refractivity contribution in [2.24, 2.45) is 5.92 Å². The second-order valence-electron chi connectivity index (χ2n) is 4.46. The molecule has 0 aromatic carbocycles. The largest absolute Gasteiger partial charge is 0.476 e. The molecule has 98 valence electrons. The zero-order valence-corrected chi connectivity index (χ0v) is 11.1. The number of aromatic nitrogens is 1. The maximum absolute atomic E-state index is 8.98. The van der Waals surface area contributed by atoms with Gasteiger partial charge in [-0.25, -0.2) is 4.98 Å². The molecule has 0 aliphatic rings. The molecule has 1 heterocycles. The van der Waals surface area contributed by atoms with Crippen molar-refractivity contribution in [2.45, 2.75) is 39.5 Å². The molecule has 0 radical (unpaired) electrons. The van der Waals surface area contributed by atoms with Crippen LogP contribution in [-0.4, -0.2) is 11.6 Å². The molecule has 4 heteroatoms. The fraction of sp³-hybridized carbons (Fsp3) is 0.571. The number of nitrogens with zero attached hydrogens (tertiary/aromatic N) is 2. The monoisotopic (exact) mass is 247 g/mol. The lowest BCUT2D eigenvalue weighted by Crippen LogP contribution is -2.12. The van der Waals surface area contributed by atoms with Gasteiger partial charge in [-0.05, 0) is 18.4 Å². The van der Waals surface area contributed by atoms with Crippen LogP contribution in [0.3, 0.4) is 0 Å². The number of nitriles is 1. The van der Waals surface area contributed by atoms with E-state index in [1.165, 1.54) is 19.0 Å². The number of ether oxygens (including phenoxy) is 1. The van der Waals surface area contributed by atoms with Crippen molar-refractivity contribution < 1.29 is 4.74 Å². The van der Waals surface area contributed by atoms with Crippen LogP contribution in [-0.2, 0) is 0 Å². The molecule has 1 aromatic rings. The van der Waals surface area contributed by atoms with Crippen molar-refractivity contribution in [1.82, 2.24) is 4.98 Å². The second-order valence-corrected chi connectivity index (χ2v) is 4.46. The first-order valence-corrected chi connectivity index (χ1v) is 6.49. The van der Waals surface area contributed by atoms with E-state index in [2.05, 4.69) is 24.9 Å². The number of nitrogens with two attached hydrogens (primary N) is 1. The lowest BCUT2D eigenvalue weighted by molar-refractivity contribution is 0.225. The summed E-state index contributed by atoms with van der Waals surface area (Å²) in [4.78, 5) is 4.07. The van der Waals surface area contributed by atoms with E-state index in [1.807, 2.05) is 0 Å². The molecule has 1 unspecified atom stereocenters. The Kier molecular flexibility index (Phi) is 5.99. The fourth-order valence-electron chi connectivity index (χ4n) is 1.76. The molecule has 0 aliphatic heterocycles. The average molecular weight is 247 g/mol. The van der Waals surface area contributed by atoms with E-state index in [0.717, 1.165) is 12.8 Å². The Morgan fingerprint density at radius 2 is 2.28 bits per heavy atom. The zero-order valence-electron chi connectivity index (χ0n) is 11.1. The van der Waals surface area contributed by atoms with Crippen LogP contribution in [0.15, 0.2) is 12.3 Å². The molecule has 4 nitrogen and oxygen atoms in total. The van der Waals surface area contributed by atoms with E-state index in [9.17, 15) is 0 Å². The van der Waals surface area contributed by atoms with E-state index in [1.54, 1.807) is 6.07 Å². The van der Waals surface area contributed by atoms with Gasteiger partial charge in [0.15, 0.2) is 0 Å². The summed E-state index contributed by atoms with van der Waals surface area (Å²) >= 11 is 0. The van der Waals surface area contributed by atoms with Gasteiger partial charge in [-0.15, -0.1) is 0 Å². The predicted molar refractivity (Wildman–Crippen MR) is 72.2 cm³/mol. The molecule has 0 bridgehead atoms. The normalized spacial score (nSPS) is 11.8. The minimum atomic E-state index is 0.390. The molecule has 18 heavy (non-hydrogen) atoms. The summed E-state index contributed by atoms with van der Waals surface area (Å²) in [7, 11) is 0. The summed E-state index contributed by atoms with van der Waals surface area (Å²) in [6.07, 6.45) is 6.16. The van der Waals surface area contributed by atoms with Crippen LogP contribution in [0, 0.1) is 17.2 Å². The average Bonchev–Trinajstić information content (AvgIpc) is 2.40. The zero-order chi connectivity index (χ0) is 13.4. The van der Waals surface area contributed by atoms with Gasteiger partial charge in [0, 0.05) is 0 Å². The molecular formula is C14H21N3O. The van der Waals surface area contributed by atoms with Crippen LogP contribution in [0.2, 0.25) is 0 Å². The number of nitrogen functional groups attached to an aromatic ring is 1. The lowest BCUT2D eigenvalue weighted by Gasteiger charge is -2.15. The topological polar surface area (TPSA) is 71.9 Å². The smallest absolute Gasteiger partial charge is 0.231 e. The Morgan fingerprint density at radius 1 is 1.50 bits per heavy atom. The molecular weight excluding hydrogens is 226 g/mol. The van der Waals surface area contributed by atoms with Crippen LogP contribution in [0.4, 0.5) is 5.69 Å². The van der Waals surface area contributed by atoms with Gasteiger partial charge in [-0.1, -0.05) is 33.1 Å². The van der Waals surface area contributed by atoms with Gasteiger partial charge in [-0.3, -0.25) is 0 Å². The Balaban J connectivity index is 2.59. The molecule has 0 saturated heterocycles. The molecule has 0 spiro atoms. The maximum Gasteiger partial charge on any atom is 0.231 e. The van der Waals surface area contributed by atoms with Gasteiger partial charge >= 0.3 is 0 Å². The molecule has 1 aromatic heterocycles. The fourth-order valence-corrected chi connectivity index (χ4v) is 1.76. The minimum Gasteiger partial charge on any atom is -0.476 e. The number of anilines is 1. The van der Waals surface area contributed by atoms with Gasteiger partial charge in [0.2, 0.25) is 5.88 Å². The summed E-state index contributed by atoms with van der Waals surface area (Å²) in [5.74, 6) is 0.914. The van der Waals surface area contributed by atoms with E-state index in [-0.39, 0.29) is 0 Å². The molecule has 1 atom stereocenters. The number of hydrogen-bond acceptors (Lipinski definition) is 4. The van der Waals surface area contributed by atoms with Gasteiger partial charge in [0.05, 0.1) is 18.5 Å². The van der Waals surface area contributed by atoms with Crippen molar-refractivity contribution in [3.05, 3.63) is 17.8 Å². The maximum atomic E-state index is 8.98. The number of unbranched alkanes of at least 4 members (excludes halogenated alkanes) is 1. The third-order valence-corrected chi connectivity index (χ3v) is 2.99. The first kappa shape index (κ1) is 14.3. The molecule has 0 aliphatic carbocycles. The van der Waals surface area contributed by atoms with Gasteiger partial charge < -0.3 is 10.5 Å². The number of pyridine rings is 1. The third-order valence-electron chi connectivity index (χ3n) is 2.99. The van der Waals surface area contributed by atoms with Gasteiger partial charge in [0.25, 0.3) is 0 Å². The molecule has 0 fully saturated rings. The van der Waals surface area contributed by atoms with Crippen molar-refractivity contribution in [2.75, 3.05) is 12.3 Å². The highest BCUT2D eigenvalue weighted by Crippen LogP contribution is 2.19. The second kappa shape index (κ2) is 7.54. The van der Waals surface area contributed by atoms with Crippen molar-refractivity contribution in [1.29, 1.82) is 5.26 Å². The molecule has 0 saturated carbocycles. The highest BCUT2D eigenvalue weighted by molar-refractivity contribution is 5.48. The summed E-state index contributed by atoms with van der Waals surface area (Å²) < 4.78 is 5.64. The number of hydrogen-bond donors (Lipinski definition) is 1. The van der Waals surface area contributed by atoms with E-state index < -0.39 is 0 Å². The van der Waals surface area contributed by atoms with E-state index in [0.29, 0.717) is 29.7 Å². The predicted octanol–water partition coefficient (Wildman–Crippen LogP) is 3.13. The summed E-state index contributed by atoms with van der Waals surface area (Å²) in [5, 5.41) is 8.98. The standard InChI is InChI=1S/C14H21N3O/c1-3-5-6-11(4-2)10-18-14-12(8-15)7-13(16)9-17-14/h7,9,11H,3-6,10,16H2,1-2H3. The van der Waals surface area contributed by atoms with Crippen LogP contribution in [0.5, 0.6) is 5.88 Å². The van der Waals surface area contributed by atoms with Crippen molar-refractivity contribution in [3.8, 4) is 11.9 Å². The van der Waals surface area contributed by atoms with E-state index >= 15 is 0 Å². The Morgan fingerprint density at radius 3 is 2.89 bits per heavy atom. The summed E-state index contributed by atoms with van der Waals surface area (Å²) in [5.41, 5.74) is 6.47. The first-order valence-electron chi connectivity index (χ1n) is 6.49. The Labute approximate surface area is 109 Å². The Bertz CT molecular complexity index is 412. The van der Waals surface area contributed by atoms with Crippen LogP contribution in [0.1, 0.15) is 45.1 Å². The summed E-state index contributed by atoms with van der Waals surface area (Å²) in [6.45, 7) is 4.95. The molecule has 2 N–H and O–H groups in total. The SMILES string of the molecule is CCCCC(CC)COc1ncc(N)cc1C#N. The van der Waals surface area contributed by atoms with E-state index in [4.69, 9.17) is 15.7 Å². The van der Waals surface area contributed by atoms with Crippen molar-refractivity contribution >= 4 is 5.69 Å². The molecule has 1 rings (SSSR count). The minimum absolute atomic E-state index is 0.390. The van der Waals surface area contributed by atoms with Crippen LogP contribution >= 0.6 is 0 Å². The Hall–Kier alpha value is -1.76. The first-order chi connectivity index (χ1) is 8.71. The van der Waals surface area contributed by atoms with Crippen molar-refractivity contribution in [3.63, 3.8) is 0 Å². The molecule has 0 amide bonds. The summed E-state index contributed by atoms with van der Waals surface area (Å²) in [6, 6.07) is 3.65. The number of rotatable bonds is 7. The van der Waals surface area contributed by atoms with Gasteiger partial charge in [0.1, 0.15) is 11.6 Å². The quantitative estimate of drug-likeness (QED) is 0.803. The van der Waals surface area contributed by atoms with Crippen LogP contribution in [0.25, 0.3) is 0 Å².